The normalized spacial score (nSPS) is 8.18. The fourth-order valence-electron chi connectivity index (χ4n) is 0.723. The van der Waals surface area contributed by atoms with Crippen molar-refractivity contribution >= 4 is 29.7 Å². The van der Waals surface area contributed by atoms with Crippen molar-refractivity contribution in [3.63, 3.8) is 0 Å². The molecular formula is C11H13N3O8. The van der Waals surface area contributed by atoms with E-state index in [1.165, 1.54) is 0 Å². The van der Waals surface area contributed by atoms with E-state index in [1.54, 1.807) is 12.4 Å². The first-order chi connectivity index (χ1) is 10.1. The lowest BCUT2D eigenvalue weighted by Crippen LogP contribution is -2.12. The van der Waals surface area contributed by atoms with Crippen LogP contribution in [0.3, 0.4) is 0 Å². The number of nitrogens with one attached hydrogen (secondary N) is 1. The Balaban J connectivity index is 0. The lowest BCUT2D eigenvalue weighted by atomic mass is 10.2. The SMILES string of the molecule is N=C(N)Cc1cccnc1.O=C(O)C(=O)O.O=C(O)C(=O)O. The van der Waals surface area contributed by atoms with Crippen LogP contribution >= 0.6 is 0 Å². The molecule has 1 aromatic heterocycles. The second-order valence-electron chi connectivity index (χ2n) is 3.28. The molecule has 0 amide bonds. The van der Waals surface area contributed by atoms with Gasteiger partial charge in [0.2, 0.25) is 0 Å². The second-order valence-corrected chi connectivity index (χ2v) is 3.28. The summed E-state index contributed by atoms with van der Waals surface area (Å²) < 4.78 is 0. The highest BCUT2D eigenvalue weighted by molar-refractivity contribution is 6.27. The van der Waals surface area contributed by atoms with Gasteiger partial charge in [-0.3, -0.25) is 10.4 Å². The fourth-order valence-corrected chi connectivity index (χ4v) is 0.723. The lowest BCUT2D eigenvalue weighted by molar-refractivity contribution is -0.159. The predicted octanol–water partition coefficient (Wildman–Crippen LogP) is -1.13. The maximum Gasteiger partial charge on any atom is 0.414 e. The first kappa shape index (κ1) is 20.8. The van der Waals surface area contributed by atoms with Gasteiger partial charge in [-0.2, -0.15) is 0 Å². The van der Waals surface area contributed by atoms with Gasteiger partial charge in [0.1, 0.15) is 0 Å². The van der Waals surface area contributed by atoms with Crippen LogP contribution in [0.2, 0.25) is 0 Å². The number of pyridine rings is 1. The summed E-state index contributed by atoms with van der Waals surface area (Å²) in [4.78, 5) is 40.3. The molecule has 0 aliphatic heterocycles. The van der Waals surface area contributed by atoms with E-state index in [-0.39, 0.29) is 5.84 Å². The van der Waals surface area contributed by atoms with Gasteiger partial charge in [0.05, 0.1) is 5.84 Å². The molecule has 7 N–H and O–H groups in total. The zero-order valence-corrected chi connectivity index (χ0v) is 11.0. The number of nitrogens with zero attached hydrogens (tertiary/aromatic N) is 1. The van der Waals surface area contributed by atoms with Crippen molar-refractivity contribution in [3.05, 3.63) is 30.1 Å². The summed E-state index contributed by atoms with van der Waals surface area (Å²) >= 11 is 0. The molecule has 22 heavy (non-hydrogen) atoms. The topological polar surface area (TPSA) is 212 Å². The molecule has 0 spiro atoms. The number of nitrogens with two attached hydrogens (primary N) is 1. The van der Waals surface area contributed by atoms with E-state index in [0.29, 0.717) is 6.42 Å². The van der Waals surface area contributed by atoms with Gasteiger partial charge in [-0.05, 0) is 11.6 Å². The number of carboxylic acid groups (broad SMARTS) is 4. The maximum atomic E-state index is 9.10. The highest BCUT2D eigenvalue weighted by Gasteiger charge is 2.04. The molecule has 0 atom stereocenters. The molecule has 1 rings (SSSR count). The van der Waals surface area contributed by atoms with Crippen LogP contribution in [0, 0.1) is 5.41 Å². The third-order valence-electron chi connectivity index (χ3n) is 1.48. The molecule has 0 fully saturated rings. The first-order valence-corrected chi connectivity index (χ1v) is 5.22. The molecule has 0 aliphatic rings. The maximum absolute atomic E-state index is 9.10. The number of hydrogen-bond donors (Lipinski definition) is 6. The molecule has 1 heterocycles. The molecule has 11 heteroatoms. The number of aliphatic carboxylic acids is 4. The monoisotopic (exact) mass is 315 g/mol. The highest BCUT2D eigenvalue weighted by atomic mass is 16.4. The predicted molar refractivity (Wildman–Crippen MR) is 70.4 cm³/mol. The van der Waals surface area contributed by atoms with Crippen molar-refractivity contribution in [2.24, 2.45) is 5.73 Å². The Morgan fingerprint density at radius 3 is 1.64 bits per heavy atom. The molecule has 0 radical (unpaired) electrons. The van der Waals surface area contributed by atoms with Crippen LogP contribution in [-0.2, 0) is 25.6 Å². The first-order valence-electron chi connectivity index (χ1n) is 5.22. The number of rotatable bonds is 2. The summed E-state index contributed by atoms with van der Waals surface area (Å²) in [5, 5.41) is 36.5. The Labute approximate surface area is 123 Å². The van der Waals surface area contributed by atoms with Crippen LogP contribution in [0.25, 0.3) is 0 Å². The molecule has 0 bridgehead atoms. The smallest absolute Gasteiger partial charge is 0.414 e. The average Bonchev–Trinajstić information content (AvgIpc) is 2.40. The van der Waals surface area contributed by atoms with E-state index in [0.717, 1.165) is 5.56 Å². The molecule has 1 aromatic rings. The summed E-state index contributed by atoms with van der Waals surface area (Å²) in [6, 6.07) is 3.73. The van der Waals surface area contributed by atoms with E-state index < -0.39 is 23.9 Å². The number of amidine groups is 1. The zero-order valence-electron chi connectivity index (χ0n) is 11.0. The number of aromatic nitrogens is 1. The molecule has 0 aromatic carbocycles. The van der Waals surface area contributed by atoms with Crippen molar-refractivity contribution in [3.8, 4) is 0 Å². The Morgan fingerprint density at radius 2 is 1.41 bits per heavy atom. The van der Waals surface area contributed by atoms with Gasteiger partial charge in [0.15, 0.2) is 0 Å². The Bertz CT molecular complexity index is 496. The van der Waals surface area contributed by atoms with Crippen molar-refractivity contribution in [2.75, 3.05) is 0 Å². The minimum atomic E-state index is -1.82. The van der Waals surface area contributed by atoms with Crippen LogP contribution in [0.15, 0.2) is 24.5 Å². The number of carboxylic acids is 4. The average molecular weight is 315 g/mol. The fraction of sp³-hybridized carbons (Fsp3) is 0.0909. The molecule has 0 saturated carbocycles. The van der Waals surface area contributed by atoms with Gasteiger partial charge < -0.3 is 26.2 Å². The Morgan fingerprint density at radius 1 is 1.00 bits per heavy atom. The second kappa shape index (κ2) is 11.3. The Kier molecular flexibility index (Phi) is 10.7. The van der Waals surface area contributed by atoms with Gasteiger partial charge in [-0.25, -0.2) is 19.2 Å². The molecule has 0 saturated heterocycles. The highest BCUT2D eigenvalue weighted by Crippen LogP contribution is 1.94. The third kappa shape index (κ3) is 14.6. The molecule has 0 aliphatic carbocycles. The van der Waals surface area contributed by atoms with Crippen molar-refractivity contribution < 1.29 is 39.6 Å². The minimum absolute atomic E-state index is 0.174. The van der Waals surface area contributed by atoms with Gasteiger partial charge in [-0.1, -0.05) is 6.07 Å². The van der Waals surface area contributed by atoms with Crippen molar-refractivity contribution in [1.29, 1.82) is 5.41 Å². The van der Waals surface area contributed by atoms with Crippen molar-refractivity contribution in [1.82, 2.24) is 4.98 Å². The van der Waals surface area contributed by atoms with E-state index in [9.17, 15) is 0 Å². The summed E-state index contributed by atoms with van der Waals surface area (Å²) in [5.74, 6) is -7.12. The Hall–Kier alpha value is -3.50. The quantitative estimate of drug-likeness (QED) is 0.219. The van der Waals surface area contributed by atoms with Gasteiger partial charge in [0.25, 0.3) is 0 Å². The van der Waals surface area contributed by atoms with E-state index in [1.807, 2.05) is 12.1 Å². The van der Waals surface area contributed by atoms with Crippen LogP contribution in [0.4, 0.5) is 0 Å². The van der Waals surface area contributed by atoms with E-state index >= 15 is 0 Å². The molecule has 11 nitrogen and oxygen atoms in total. The van der Waals surface area contributed by atoms with Gasteiger partial charge >= 0.3 is 23.9 Å². The lowest BCUT2D eigenvalue weighted by Gasteiger charge is -1.95. The molecule has 120 valence electrons. The largest absolute Gasteiger partial charge is 0.473 e. The third-order valence-corrected chi connectivity index (χ3v) is 1.48. The molecule has 0 unspecified atom stereocenters. The van der Waals surface area contributed by atoms with E-state index in [4.69, 9.17) is 50.7 Å². The number of hydrogen-bond acceptors (Lipinski definition) is 6. The van der Waals surface area contributed by atoms with Gasteiger partial charge in [0, 0.05) is 18.8 Å². The van der Waals surface area contributed by atoms with Gasteiger partial charge in [-0.15, -0.1) is 0 Å². The number of carbonyl (C=O) groups is 4. The summed E-state index contributed by atoms with van der Waals surface area (Å²) in [5.41, 5.74) is 6.16. The van der Waals surface area contributed by atoms with Crippen LogP contribution < -0.4 is 5.73 Å². The van der Waals surface area contributed by atoms with Crippen molar-refractivity contribution in [2.45, 2.75) is 6.42 Å². The minimum Gasteiger partial charge on any atom is -0.473 e. The summed E-state index contributed by atoms with van der Waals surface area (Å²) in [6.45, 7) is 0. The standard InChI is InChI=1S/C7H9N3.2C2H2O4/c8-7(9)4-6-2-1-3-10-5-6;2*3-1(4)2(5)6/h1-3,5H,4H2,(H3,8,9);2*(H,3,4)(H,5,6). The summed E-state index contributed by atoms with van der Waals surface area (Å²) in [6.07, 6.45) is 3.90. The van der Waals surface area contributed by atoms with Crippen LogP contribution in [-0.4, -0.2) is 55.1 Å². The van der Waals surface area contributed by atoms with E-state index in [2.05, 4.69) is 4.98 Å². The van der Waals surface area contributed by atoms with Crippen LogP contribution in [0.1, 0.15) is 5.56 Å². The van der Waals surface area contributed by atoms with Crippen LogP contribution in [0.5, 0.6) is 0 Å². The zero-order chi connectivity index (χ0) is 17.7. The summed E-state index contributed by atoms with van der Waals surface area (Å²) in [7, 11) is 0. The molecular weight excluding hydrogens is 302 g/mol.